The van der Waals surface area contributed by atoms with E-state index >= 15 is 0 Å². The van der Waals surface area contributed by atoms with Crippen LogP contribution in [0.4, 0.5) is 0 Å². The lowest BCUT2D eigenvalue weighted by atomic mass is 10.1. The molecule has 1 atom stereocenters. The number of phenolic OH excluding ortho intramolecular Hbond substituents is 1. The molecule has 0 radical (unpaired) electrons. The highest BCUT2D eigenvalue weighted by molar-refractivity contribution is 5.85. The highest BCUT2D eigenvalue weighted by Crippen LogP contribution is 2.16. The maximum absolute atomic E-state index is 9.07. The topological polar surface area (TPSA) is 46.2 Å². The van der Waals surface area contributed by atoms with Crippen LogP contribution in [0, 0.1) is 0 Å². The summed E-state index contributed by atoms with van der Waals surface area (Å²) >= 11 is 0. The molecule has 1 aromatic rings. The van der Waals surface area contributed by atoms with Crippen LogP contribution in [-0.4, -0.2) is 5.11 Å². The molecule has 3 N–H and O–H groups in total. The molecule has 0 saturated heterocycles. The Morgan fingerprint density at radius 2 is 2.17 bits per heavy atom. The van der Waals surface area contributed by atoms with Gasteiger partial charge in [-0.1, -0.05) is 18.2 Å². The average Bonchev–Trinajstić information content (AvgIpc) is 2.03. The first-order valence-corrected chi connectivity index (χ1v) is 3.41. The zero-order valence-corrected chi connectivity index (χ0v) is 7.42. The molecule has 12 heavy (non-hydrogen) atoms. The van der Waals surface area contributed by atoms with Crippen molar-refractivity contribution in [2.75, 3.05) is 0 Å². The number of rotatable bonds is 2. The smallest absolute Gasteiger partial charge is 0.115 e. The van der Waals surface area contributed by atoms with E-state index in [4.69, 9.17) is 10.8 Å². The molecular weight excluding hydrogens is 174 g/mol. The third kappa shape index (κ3) is 2.57. The van der Waals surface area contributed by atoms with Gasteiger partial charge in [-0.2, -0.15) is 0 Å². The van der Waals surface area contributed by atoms with Gasteiger partial charge in [0.05, 0.1) is 0 Å². The molecular formula is C9H12ClNO. The van der Waals surface area contributed by atoms with Gasteiger partial charge in [-0.05, 0) is 17.7 Å². The summed E-state index contributed by atoms with van der Waals surface area (Å²) < 4.78 is 0. The van der Waals surface area contributed by atoms with Crippen molar-refractivity contribution in [2.24, 2.45) is 5.73 Å². The van der Waals surface area contributed by atoms with Gasteiger partial charge in [0.25, 0.3) is 0 Å². The maximum Gasteiger partial charge on any atom is 0.115 e. The Morgan fingerprint density at radius 1 is 1.50 bits per heavy atom. The number of hydrogen-bond acceptors (Lipinski definition) is 2. The zero-order chi connectivity index (χ0) is 8.27. The van der Waals surface area contributed by atoms with Gasteiger partial charge in [-0.15, -0.1) is 19.0 Å². The van der Waals surface area contributed by atoms with Gasteiger partial charge in [-0.3, -0.25) is 0 Å². The summed E-state index contributed by atoms with van der Waals surface area (Å²) in [5.41, 5.74) is 6.51. The van der Waals surface area contributed by atoms with Crippen LogP contribution < -0.4 is 5.73 Å². The molecule has 0 saturated carbocycles. The summed E-state index contributed by atoms with van der Waals surface area (Å²) in [5, 5.41) is 9.07. The molecule has 0 fully saturated rings. The van der Waals surface area contributed by atoms with Gasteiger partial charge in [0.2, 0.25) is 0 Å². The van der Waals surface area contributed by atoms with Crippen molar-refractivity contribution in [1.29, 1.82) is 0 Å². The maximum atomic E-state index is 9.07. The van der Waals surface area contributed by atoms with Gasteiger partial charge < -0.3 is 10.8 Å². The fourth-order valence-electron chi connectivity index (χ4n) is 0.868. The number of hydrogen-bond donors (Lipinski definition) is 2. The highest BCUT2D eigenvalue weighted by atomic mass is 35.5. The number of aromatic hydroxyl groups is 1. The molecule has 0 aliphatic rings. The van der Waals surface area contributed by atoms with Gasteiger partial charge in [0, 0.05) is 6.04 Å². The summed E-state index contributed by atoms with van der Waals surface area (Å²) in [6.45, 7) is 3.56. The van der Waals surface area contributed by atoms with Crippen molar-refractivity contribution in [3.8, 4) is 5.75 Å². The van der Waals surface area contributed by atoms with Crippen LogP contribution in [0.1, 0.15) is 11.6 Å². The monoisotopic (exact) mass is 185 g/mol. The van der Waals surface area contributed by atoms with Gasteiger partial charge in [0.1, 0.15) is 5.75 Å². The molecule has 0 heterocycles. The molecule has 0 aliphatic heterocycles. The molecule has 0 bridgehead atoms. The zero-order valence-electron chi connectivity index (χ0n) is 6.60. The van der Waals surface area contributed by atoms with Crippen molar-refractivity contribution < 1.29 is 5.11 Å². The van der Waals surface area contributed by atoms with E-state index in [0.717, 1.165) is 5.56 Å². The van der Waals surface area contributed by atoms with Crippen LogP contribution in [0.15, 0.2) is 36.9 Å². The summed E-state index contributed by atoms with van der Waals surface area (Å²) in [7, 11) is 0. The molecule has 0 spiro atoms. The van der Waals surface area contributed by atoms with Gasteiger partial charge in [-0.25, -0.2) is 0 Å². The van der Waals surface area contributed by atoms with Crippen LogP contribution in [0.3, 0.4) is 0 Å². The lowest BCUT2D eigenvalue weighted by molar-refractivity contribution is 0.474. The third-order valence-electron chi connectivity index (χ3n) is 1.51. The summed E-state index contributed by atoms with van der Waals surface area (Å²) in [5.74, 6) is 0.236. The Bertz CT molecular complexity index is 262. The number of benzene rings is 1. The Morgan fingerprint density at radius 3 is 2.67 bits per heavy atom. The molecule has 2 nitrogen and oxygen atoms in total. The second-order valence-electron chi connectivity index (χ2n) is 2.36. The molecule has 1 rings (SSSR count). The molecule has 0 aromatic heterocycles. The predicted octanol–water partition coefficient (Wildman–Crippen LogP) is 2.00. The van der Waals surface area contributed by atoms with Crippen LogP contribution in [-0.2, 0) is 0 Å². The lowest BCUT2D eigenvalue weighted by Crippen LogP contribution is -2.05. The highest BCUT2D eigenvalue weighted by Gasteiger charge is 1.99. The third-order valence-corrected chi connectivity index (χ3v) is 1.51. The second-order valence-corrected chi connectivity index (χ2v) is 2.36. The normalized spacial score (nSPS) is 11.4. The molecule has 0 aliphatic carbocycles. The van der Waals surface area contributed by atoms with E-state index in [1.54, 1.807) is 24.3 Å². The Kier molecular flexibility index (Phi) is 4.40. The lowest BCUT2D eigenvalue weighted by Gasteiger charge is -2.05. The summed E-state index contributed by atoms with van der Waals surface area (Å²) in [6.07, 6.45) is 1.63. The van der Waals surface area contributed by atoms with Crippen molar-refractivity contribution >= 4 is 12.4 Å². The van der Waals surface area contributed by atoms with Crippen molar-refractivity contribution in [3.63, 3.8) is 0 Å². The van der Waals surface area contributed by atoms with Gasteiger partial charge >= 0.3 is 0 Å². The minimum atomic E-state index is -0.193. The van der Waals surface area contributed by atoms with Crippen molar-refractivity contribution in [3.05, 3.63) is 42.5 Å². The van der Waals surface area contributed by atoms with Crippen LogP contribution in [0.5, 0.6) is 5.75 Å². The summed E-state index contributed by atoms with van der Waals surface area (Å²) in [4.78, 5) is 0. The van der Waals surface area contributed by atoms with Gasteiger partial charge in [0.15, 0.2) is 0 Å². The first-order chi connectivity index (χ1) is 5.24. The van der Waals surface area contributed by atoms with E-state index in [9.17, 15) is 0 Å². The number of halogens is 1. The van der Waals surface area contributed by atoms with Crippen molar-refractivity contribution in [2.45, 2.75) is 6.04 Å². The van der Waals surface area contributed by atoms with E-state index in [0.29, 0.717) is 0 Å². The average molecular weight is 186 g/mol. The SMILES string of the molecule is C=C[C@H](N)c1cccc(O)c1.Cl. The minimum absolute atomic E-state index is 0. The predicted molar refractivity (Wildman–Crippen MR) is 52.5 cm³/mol. The molecule has 66 valence electrons. The fourth-order valence-corrected chi connectivity index (χ4v) is 0.868. The van der Waals surface area contributed by atoms with E-state index < -0.39 is 0 Å². The molecule has 0 amide bonds. The standard InChI is InChI=1S/C9H11NO.ClH/c1-2-9(10)7-4-3-5-8(11)6-7;/h2-6,9,11H,1,10H2;1H/t9-;/m0./s1. The van der Waals surface area contributed by atoms with E-state index in [1.165, 1.54) is 0 Å². The van der Waals surface area contributed by atoms with E-state index in [-0.39, 0.29) is 24.2 Å². The van der Waals surface area contributed by atoms with E-state index in [1.807, 2.05) is 6.07 Å². The molecule has 0 unspecified atom stereocenters. The van der Waals surface area contributed by atoms with Crippen LogP contribution in [0.25, 0.3) is 0 Å². The minimum Gasteiger partial charge on any atom is -0.508 e. The summed E-state index contributed by atoms with van der Waals surface area (Å²) in [6, 6.07) is 6.66. The second kappa shape index (κ2) is 4.80. The van der Waals surface area contributed by atoms with Crippen LogP contribution >= 0.6 is 12.4 Å². The number of nitrogens with two attached hydrogens (primary N) is 1. The molecule has 1 aromatic carbocycles. The first-order valence-electron chi connectivity index (χ1n) is 3.41. The molecule has 3 heteroatoms. The van der Waals surface area contributed by atoms with Crippen LogP contribution in [0.2, 0.25) is 0 Å². The fraction of sp³-hybridized carbons (Fsp3) is 0.111. The Hall–Kier alpha value is -0.990. The Labute approximate surface area is 78.1 Å². The number of phenols is 1. The quantitative estimate of drug-likeness (QED) is 0.693. The van der Waals surface area contributed by atoms with E-state index in [2.05, 4.69) is 6.58 Å². The first kappa shape index (κ1) is 11.0. The largest absolute Gasteiger partial charge is 0.508 e. The Balaban J connectivity index is 0.00000121. The van der Waals surface area contributed by atoms with Crippen molar-refractivity contribution in [1.82, 2.24) is 0 Å².